The predicted molar refractivity (Wildman–Crippen MR) is 130 cm³/mol. The number of methoxy groups -OCH3 is 2. The van der Waals surface area contributed by atoms with Crippen LogP contribution in [0.2, 0.25) is 0 Å². The molecule has 168 valence electrons. The molecule has 0 saturated heterocycles. The van der Waals surface area contributed by atoms with E-state index in [-0.39, 0.29) is 11.9 Å². The molecule has 3 aromatic rings. The van der Waals surface area contributed by atoms with E-state index in [0.29, 0.717) is 24.5 Å². The van der Waals surface area contributed by atoms with E-state index in [1.165, 1.54) is 10.4 Å². The summed E-state index contributed by atoms with van der Waals surface area (Å²) in [6.45, 7) is 3.14. The van der Waals surface area contributed by atoms with Crippen LogP contribution in [-0.2, 0) is 11.3 Å². The number of nitrogens with zero attached hydrogens (tertiary/aromatic N) is 3. The average Bonchev–Trinajstić information content (AvgIpc) is 3.54. The van der Waals surface area contributed by atoms with Gasteiger partial charge in [0.2, 0.25) is 0 Å². The average molecular weight is 470 g/mol. The molecular formula is C24H27N3O3S2. The molecule has 0 saturated carbocycles. The van der Waals surface area contributed by atoms with Gasteiger partial charge in [-0.2, -0.15) is 5.10 Å². The summed E-state index contributed by atoms with van der Waals surface area (Å²) in [6.07, 6.45) is 0.662. The first-order valence-electron chi connectivity index (χ1n) is 10.4. The van der Waals surface area contributed by atoms with Crippen molar-refractivity contribution in [2.45, 2.75) is 25.9 Å². The summed E-state index contributed by atoms with van der Waals surface area (Å²) in [5.74, 6) is 1.29. The highest BCUT2D eigenvalue weighted by Crippen LogP contribution is 2.38. The number of hydrogen-bond acceptors (Lipinski definition) is 7. The maximum Gasteiger partial charge on any atom is 0.257 e. The van der Waals surface area contributed by atoms with Crippen molar-refractivity contribution in [3.05, 3.63) is 68.0 Å². The summed E-state index contributed by atoms with van der Waals surface area (Å²) in [7, 11) is 5.21. The van der Waals surface area contributed by atoms with Gasteiger partial charge in [0.25, 0.3) is 5.91 Å². The van der Waals surface area contributed by atoms with E-state index in [1.807, 2.05) is 41.6 Å². The van der Waals surface area contributed by atoms with Crippen molar-refractivity contribution in [3.8, 4) is 11.5 Å². The van der Waals surface area contributed by atoms with Crippen LogP contribution in [0.5, 0.6) is 11.5 Å². The number of hydrogen-bond donors (Lipinski definition) is 0. The zero-order valence-electron chi connectivity index (χ0n) is 18.7. The number of carbonyl (C=O) groups is 1. The Morgan fingerprint density at radius 3 is 2.62 bits per heavy atom. The molecule has 1 amide bonds. The number of benzene rings is 1. The first kappa shape index (κ1) is 22.5. The van der Waals surface area contributed by atoms with Gasteiger partial charge in [0.1, 0.15) is 0 Å². The smallest absolute Gasteiger partial charge is 0.257 e. The van der Waals surface area contributed by atoms with Crippen molar-refractivity contribution in [1.82, 2.24) is 9.91 Å². The molecule has 0 aliphatic carbocycles. The minimum absolute atomic E-state index is 0.0203. The van der Waals surface area contributed by atoms with Gasteiger partial charge in [-0.3, -0.25) is 9.69 Å². The standard InChI is InChI=1S/C24H27N3O3S2/c1-16-9-11-32-23(16)14-26(2)15-24(28)27-19(13-18(25-27)22-6-5-10-31-22)17-7-8-20(29-3)21(12-17)30-4/h5-12,19H,13-15H2,1-4H3. The zero-order valence-corrected chi connectivity index (χ0v) is 20.3. The Morgan fingerprint density at radius 2 is 1.97 bits per heavy atom. The van der Waals surface area contributed by atoms with E-state index in [2.05, 4.69) is 24.4 Å². The lowest BCUT2D eigenvalue weighted by Crippen LogP contribution is -2.36. The fraction of sp³-hybridized carbons (Fsp3) is 0.333. The van der Waals surface area contributed by atoms with Gasteiger partial charge in [-0.25, -0.2) is 5.01 Å². The van der Waals surface area contributed by atoms with Crippen LogP contribution < -0.4 is 9.47 Å². The first-order valence-corrected chi connectivity index (χ1v) is 12.1. The van der Waals surface area contributed by atoms with E-state index in [1.54, 1.807) is 41.9 Å². The van der Waals surface area contributed by atoms with Gasteiger partial charge in [0.05, 0.1) is 37.4 Å². The maximum absolute atomic E-state index is 13.4. The normalized spacial score (nSPS) is 15.8. The van der Waals surface area contributed by atoms with Crippen molar-refractivity contribution in [2.24, 2.45) is 5.10 Å². The van der Waals surface area contributed by atoms with Crippen LogP contribution in [0, 0.1) is 6.92 Å². The van der Waals surface area contributed by atoms with Crippen LogP contribution in [-0.4, -0.2) is 49.3 Å². The zero-order chi connectivity index (χ0) is 22.7. The second-order valence-electron chi connectivity index (χ2n) is 7.80. The quantitative estimate of drug-likeness (QED) is 0.469. The van der Waals surface area contributed by atoms with Gasteiger partial charge >= 0.3 is 0 Å². The van der Waals surface area contributed by atoms with Crippen LogP contribution in [0.15, 0.2) is 52.3 Å². The third-order valence-corrected chi connectivity index (χ3v) is 7.48. The molecule has 1 atom stereocenters. The lowest BCUT2D eigenvalue weighted by Gasteiger charge is -2.25. The summed E-state index contributed by atoms with van der Waals surface area (Å²) < 4.78 is 10.9. The molecule has 0 spiro atoms. The number of ether oxygens (including phenoxy) is 2. The molecule has 1 unspecified atom stereocenters. The third-order valence-electron chi connectivity index (χ3n) is 5.55. The molecule has 1 aliphatic rings. The van der Waals surface area contributed by atoms with Gasteiger partial charge in [0, 0.05) is 17.8 Å². The summed E-state index contributed by atoms with van der Waals surface area (Å²) in [4.78, 5) is 17.8. The first-order chi connectivity index (χ1) is 15.5. The Labute approximate surface area is 196 Å². The van der Waals surface area contributed by atoms with Gasteiger partial charge < -0.3 is 9.47 Å². The lowest BCUT2D eigenvalue weighted by atomic mass is 10.0. The summed E-state index contributed by atoms with van der Waals surface area (Å²) in [5, 5.41) is 10.5. The Bertz CT molecular complexity index is 1110. The van der Waals surface area contributed by atoms with Crippen LogP contribution in [0.4, 0.5) is 0 Å². The summed E-state index contributed by atoms with van der Waals surface area (Å²) >= 11 is 3.36. The highest BCUT2D eigenvalue weighted by atomic mass is 32.1. The monoisotopic (exact) mass is 469 g/mol. The summed E-state index contributed by atoms with van der Waals surface area (Å²) in [6, 6.07) is 11.8. The topological polar surface area (TPSA) is 54.4 Å². The SMILES string of the molecule is COc1ccc(C2CC(c3cccs3)=NN2C(=O)CN(C)Cc2sccc2C)cc1OC. The number of amides is 1. The second kappa shape index (κ2) is 9.85. The Balaban J connectivity index is 1.58. The van der Waals surface area contributed by atoms with Crippen LogP contribution >= 0.6 is 22.7 Å². The van der Waals surface area contributed by atoms with Crippen LogP contribution in [0.1, 0.15) is 33.3 Å². The molecule has 3 heterocycles. The highest BCUT2D eigenvalue weighted by molar-refractivity contribution is 7.12. The fourth-order valence-electron chi connectivity index (χ4n) is 3.82. The van der Waals surface area contributed by atoms with E-state index in [0.717, 1.165) is 22.7 Å². The van der Waals surface area contributed by atoms with E-state index in [9.17, 15) is 4.79 Å². The predicted octanol–water partition coefficient (Wildman–Crippen LogP) is 4.94. The highest BCUT2D eigenvalue weighted by Gasteiger charge is 2.34. The van der Waals surface area contributed by atoms with Crippen molar-refractivity contribution in [3.63, 3.8) is 0 Å². The molecule has 2 aromatic heterocycles. The Morgan fingerprint density at radius 1 is 1.16 bits per heavy atom. The fourth-order valence-corrected chi connectivity index (χ4v) is 5.53. The molecular weight excluding hydrogens is 442 g/mol. The maximum atomic E-state index is 13.4. The van der Waals surface area contributed by atoms with Gasteiger partial charge in [0.15, 0.2) is 11.5 Å². The number of rotatable bonds is 8. The minimum atomic E-state index is -0.184. The number of likely N-dealkylation sites (N-methyl/N-ethyl adjacent to an activating group) is 1. The van der Waals surface area contributed by atoms with E-state index in [4.69, 9.17) is 14.6 Å². The van der Waals surface area contributed by atoms with Crippen molar-refractivity contribution in [2.75, 3.05) is 27.8 Å². The molecule has 8 heteroatoms. The van der Waals surface area contributed by atoms with E-state index >= 15 is 0 Å². The molecule has 0 N–H and O–H groups in total. The molecule has 6 nitrogen and oxygen atoms in total. The minimum Gasteiger partial charge on any atom is -0.493 e. The Hall–Kier alpha value is -2.68. The van der Waals surface area contributed by atoms with Crippen LogP contribution in [0.25, 0.3) is 0 Å². The van der Waals surface area contributed by atoms with Crippen molar-refractivity contribution in [1.29, 1.82) is 0 Å². The van der Waals surface area contributed by atoms with Crippen molar-refractivity contribution < 1.29 is 14.3 Å². The molecule has 0 fully saturated rings. The largest absolute Gasteiger partial charge is 0.493 e. The molecule has 0 radical (unpaired) electrons. The molecule has 4 rings (SSSR count). The molecule has 0 bridgehead atoms. The second-order valence-corrected chi connectivity index (χ2v) is 9.74. The number of carbonyl (C=O) groups excluding carboxylic acids is 1. The lowest BCUT2D eigenvalue weighted by molar-refractivity contribution is -0.134. The number of thiophene rings is 2. The molecule has 32 heavy (non-hydrogen) atoms. The van der Waals surface area contributed by atoms with Crippen LogP contribution in [0.3, 0.4) is 0 Å². The third kappa shape index (κ3) is 4.72. The van der Waals surface area contributed by atoms with Gasteiger partial charge in [-0.15, -0.1) is 22.7 Å². The van der Waals surface area contributed by atoms with Crippen molar-refractivity contribution >= 4 is 34.3 Å². The number of hydrazone groups is 1. The Kier molecular flexibility index (Phi) is 6.93. The van der Waals surface area contributed by atoms with E-state index < -0.39 is 0 Å². The number of aryl methyl sites for hydroxylation is 1. The van der Waals surface area contributed by atoms with Gasteiger partial charge in [-0.1, -0.05) is 12.1 Å². The molecule has 1 aliphatic heterocycles. The molecule has 1 aromatic carbocycles. The summed E-state index contributed by atoms with van der Waals surface area (Å²) in [5.41, 5.74) is 3.17. The van der Waals surface area contributed by atoms with Gasteiger partial charge in [-0.05, 0) is 60.1 Å².